The second kappa shape index (κ2) is 20.6. The Kier molecular flexibility index (Phi) is 17.2. The molecule has 0 aromatic heterocycles. The van der Waals surface area contributed by atoms with Crippen LogP contribution in [-0.4, -0.2) is 55.3 Å². The maximum atomic E-state index is 13.4. The summed E-state index contributed by atoms with van der Waals surface area (Å²) in [7, 11) is 0. The third kappa shape index (κ3) is 14.6. The highest BCUT2D eigenvalue weighted by Crippen LogP contribution is 2.32. The van der Waals surface area contributed by atoms with Gasteiger partial charge in [0.2, 0.25) is 18.2 Å². The molecule has 0 spiro atoms. The van der Waals surface area contributed by atoms with E-state index in [1.54, 1.807) is 126 Å². The van der Waals surface area contributed by atoms with Crippen molar-refractivity contribution in [2.75, 3.05) is 19.8 Å². The van der Waals surface area contributed by atoms with Crippen molar-refractivity contribution < 1.29 is 43.3 Å². The van der Waals surface area contributed by atoms with Crippen LogP contribution in [0, 0.1) is 10.3 Å². The standard InChI is InChI=1S/C46H59N7O9.CH4/c1-40(2,47-29-54)32-17-14-20-35(23-32)43(7,8)50-38(57)60-26-46(13,27-61-39(58)51-44(9,10)36-21-15-18-33(24-36)41(3,4)48-30-55)28-62-53(59)52-45(11,12)37-22-16-19-34(25-37)42(5,6)49-31-56;/h14-25H,26-28H2,1-13H3,(H2-,50,51,52,57,58,59);1H4/p+1. The molecule has 63 heavy (non-hydrogen) atoms. The van der Waals surface area contributed by atoms with E-state index in [4.69, 9.17) is 14.3 Å². The minimum Gasteiger partial charge on any atom is -0.449 e. The van der Waals surface area contributed by atoms with Gasteiger partial charge in [0, 0.05) is 0 Å². The lowest BCUT2D eigenvalue weighted by Gasteiger charge is -2.31. The number of isocyanates is 3. The molecule has 16 heteroatoms. The minimum absolute atomic E-state index is 0. The number of nitrogens with zero attached hydrogens (tertiary/aromatic N) is 4. The molecule has 0 radical (unpaired) electrons. The fraction of sp³-hybridized carbons (Fsp3) is 0.511. The minimum atomic E-state index is -1.28. The third-order valence-electron chi connectivity index (χ3n) is 10.7. The molecule has 0 unspecified atom stereocenters. The first-order chi connectivity index (χ1) is 28.6. The Hall–Kier alpha value is -6.46. The topological polar surface area (TPSA) is 206 Å². The van der Waals surface area contributed by atoms with E-state index in [1.807, 2.05) is 54.6 Å². The van der Waals surface area contributed by atoms with Crippen LogP contribution in [0.1, 0.15) is 131 Å². The highest BCUT2D eigenvalue weighted by atomic mass is 16.8. The zero-order valence-corrected chi connectivity index (χ0v) is 38.0. The number of ether oxygens (including phenoxy) is 2. The van der Waals surface area contributed by atoms with Gasteiger partial charge in [0.25, 0.3) is 0 Å². The first kappa shape index (κ1) is 52.7. The molecular weight excluding hydrogens is 807 g/mol. The van der Waals surface area contributed by atoms with Crippen LogP contribution in [0.3, 0.4) is 0 Å². The van der Waals surface area contributed by atoms with Gasteiger partial charge in [-0.2, -0.15) is 15.0 Å². The first-order valence-electron chi connectivity index (χ1n) is 20.0. The van der Waals surface area contributed by atoms with Gasteiger partial charge in [0.05, 0.1) is 33.1 Å². The van der Waals surface area contributed by atoms with E-state index in [0.717, 1.165) is 16.7 Å². The number of hydrazine groups is 1. The summed E-state index contributed by atoms with van der Waals surface area (Å²) < 4.78 is 11.4. The van der Waals surface area contributed by atoms with Crippen molar-refractivity contribution in [3.63, 3.8) is 0 Å². The Morgan fingerprint density at radius 2 is 0.825 bits per heavy atom. The molecule has 340 valence electrons. The van der Waals surface area contributed by atoms with Gasteiger partial charge in [-0.3, -0.25) is 0 Å². The number of rotatable bonds is 20. The fourth-order valence-corrected chi connectivity index (χ4v) is 6.27. The third-order valence-corrected chi connectivity index (χ3v) is 10.7. The SMILES string of the molecule is C.CC(COC(=O)NC(C)(C)c1cccc(C(C)(C)N=C=O)c1)(COC(=O)NC(C)(C)c1cccc(C(C)(C)N=C=O)c1)CO[N+](=O)NC(C)(C)c1cccc(C(C)(C)N=C=O)c1. The van der Waals surface area contributed by atoms with Gasteiger partial charge in [-0.25, -0.2) is 28.8 Å². The summed E-state index contributed by atoms with van der Waals surface area (Å²) in [6, 6.07) is 21.8. The highest BCUT2D eigenvalue weighted by molar-refractivity contribution is 5.69. The number of aliphatic imine (C=N–C) groups is 3. The summed E-state index contributed by atoms with van der Waals surface area (Å²) in [5, 5.41) is 5.91. The first-order valence-corrected chi connectivity index (χ1v) is 20.0. The van der Waals surface area contributed by atoms with Gasteiger partial charge in [0.15, 0.2) is 6.61 Å². The second-order valence-electron chi connectivity index (χ2n) is 18.8. The molecule has 0 atom stereocenters. The molecule has 3 rings (SSSR count). The van der Waals surface area contributed by atoms with E-state index < -0.39 is 50.8 Å². The lowest BCUT2D eigenvalue weighted by molar-refractivity contribution is -0.852. The van der Waals surface area contributed by atoms with Crippen LogP contribution < -0.4 is 16.1 Å². The molecule has 0 bridgehead atoms. The Bertz CT molecular complexity index is 2010. The van der Waals surface area contributed by atoms with Crippen molar-refractivity contribution in [2.24, 2.45) is 20.4 Å². The molecule has 0 fully saturated rings. The molecule has 0 saturated carbocycles. The van der Waals surface area contributed by atoms with Crippen molar-refractivity contribution in [3.8, 4) is 0 Å². The molecular formula is C47H64N7O9+. The van der Waals surface area contributed by atoms with Crippen LogP contribution in [-0.2, 0) is 61.9 Å². The molecule has 3 aromatic carbocycles. The number of carbonyl (C=O) groups excluding carboxylic acids is 5. The van der Waals surface area contributed by atoms with Crippen LogP contribution in [0.2, 0.25) is 0 Å². The van der Waals surface area contributed by atoms with Crippen molar-refractivity contribution in [2.45, 2.75) is 131 Å². The Morgan fingerprint density at radius 1 is 0.524 bits per heavy atom. The average Bonchev–Trinajstić information content (AvgIpc) is 3.18. The Balaban J connectivity index is 0.0000137. The van der Waals surface area contributed by atoms with Crippen molar-refractivity contribution in [1.29, 1.82) is 0 Å². The lowest BCUT2D eigenvalue weighted by atomic mass is 9.88. The summed E-state index contributed by atoms with van der Waals surface area (Å²) >= 11 is 0. The van der Waals surface area contributed by atoms with Gasteiger partial charge in [0.1, 0.15) is 23.7 Å². The van der Waals surface area contributed by atoms with Gasteiger partial charge in [-0.05, 0) is 123 Å². The van der Waals surface area contributed by atoms with E-state index in [1.165, 1.54) is 0 Å². The average molecular weight is 871 g/mol. The molecule has 2 amide bonds. The number of hydrogen-bond acceptors (Lipinski definition) is 12. The van der Waals surface area contributed by atoms with Gasteiger partial charge < -0.3 is 20.1 Å². The predicted molar refractivity (Wildman–Crippen MR) is 238 cm³/mol. The number of benzene rings is 3. The van der Waals surface area contributed by atoms with Gasteiger partial charge in [-0.1, -0.05) is 85.6 Å². The molecule has 0 aliphatic heterocycles. The maximum Gasteiger partial charge on any atom is 0.407 e. The summed E-state index contributed by atoms with van der Waals surface area (Å²) in [5.74, 6) is 0. The quantitative estimate of drug-likeness (QED) is 0.0559. The molecule has 0 aliphatic carbocycles. The van der Waals surface area contributed by atoms with Crippen molar-refractivity contribution >= 4 is 30.4 Å². The Labute approximate surface area is 370 Å². The summed E-state index contributed by atoms with van der Waals surface area (Å²) in [6.07, 6.45) is 3.21. The smallest absolute Gasteiger partial charge is 0.407 e. The van der Waals surface area contributed by atoms with Crippen LogP contribution >= 0.6 is 0 Å². The molecule has 3 aromatic rings. The van der Waals surface area contributed by atoms with Crippen LogP contribution in [0.5, 0.6) is 0 Å². The van der Waals surface area contributed by atoms with Crippen molar-refractivity contribution in [1.82, 2.24) is 16.1 Å². The second-order valence-corrected chi connectivity index (χ2v) is 18.8. The van der Waals surface area contributed by atoms with Crippen molar-refractivity contribution in [3.05, 3.63) is 111 Å². The molecule has 3 N–H and O–H groups in total. The van der Waals surface area contributed by atoms with Crippen LogP contribution in [0.4, 0.5) is 9.59 Å². The summed E-state index contributed by atoms with van der Waals surface area (Å²) in [6.45, 7) is 21.8. The largest absolute Gasteiger partial charge is 0.449 e. The number of hydrogen-bond donors (Lipinski definition) is 3. The van der Waals surface area contributed by atoms with E-state index in [9.17, 15) is 28.9 Å². The van der Waals surface area contributed by atoms with E-state index in [0.29, 0.717) is 16.7 Å². The van der Waals surface area contributed by atoms with Gasteiger partial charge >= 0.3 is 17.2 Å². The van der Waals surface area contributed by atoms with E-state index in [-0.39, 0.29) is 32.3 Å². The van der Waals surface area contributed by atoms with Gasteiger partial charge in [-0.15, -0.1) is 0 Å². The fourth-order valence-electron chi connectivity index (χ4n) is 6.27. The number of nitrogens with one attached hydrogen (secondary N) is 3. The Morgan fingerprint density at radius 3 is 1.14 bits per heavy atom. The molecule has 0 heterocycles. The maximum absolute atomic E-state index is 13.4. The normalized spacial score (nSPS) is 12.9. The highest BCUT2D eigenvalue weighted by Gasteiger charge is 2.38. The van der Waals surface area contributed by atoms with E-state index >= 15 is 0 Å². The predicted octanol–water partition coefficient (Wildman–Crippen LogP) is 8.81. The van der Waals surface area contributed by atoms with Crippen LogP contribution in [0.25, 0.3) is 0 Å². The number of amides is 2. The molecule has 16 nitrogen and oxygen atoms in total. The zero-order chi connectivity index (χ0) is 46.8. The summed E-state index contributed by atoms with van der Waals surface area (Å²) in [4.78, 5) is 90.6. The lowest BCUT2D eigenvalue weighted by Crippen LogP contribution is -2.47. The van der Waals surface area contributed by atoms with E-state index in [2.05, 4.69) is 31.0 Å². The monoisotopic (exact) mass is 870 g/mol. The molecule has 0 saturated heterocycles. The zero-order valence-electron chi connectivity index (χ0n) is 38.0. The van der Waals surface area contributed by atoms with Crippen LogP contribution in [0.15, 0.2) is 87.8 Å². The number of alkyl carbamates (subject to hydrolysis) is 2. The summed E-state index contributed by atoms with van der Waals surface area (Å²) in [5.41, 5.74) is 0.353. The number of carbonyl (C=O) groups is 2. The molecule has 0 aliphatic rings.